The summed E-state index contributed by atoms with van der Waals surface area (Å²) in [6, 6.07) is 1.98. The summed E-state index contributed by atoms with van der Waals surface area (Å²) in [5.41, 5.74) is 2.34. The van der Waals surface area contributed by atoms with E-state index >= 15 is 0 Å². The highest BCUT2D eigenvalue weighted by molar-refractivity contribution is 5.70. The minimum Gasteiger partial charge on any atom is -0.495 e. The first-order chi connectivity index (χ1) is 9.17. The van der Waals surface area contributed by atoms with Crippen LogP contribution in [0.1, 0.15) is 12.0 Å². The van der Waals surface area contributed by atoms with E-state index in [1.165, 1.54) is 10.5 Å². The fourth-order valence-electron chi connectivity index (χ4n) is 2.99. The first-order valence-corrected chi connectivity index (χ1v) is 6.35. The lowest BCUT2D eigenvalue weighted by Gasteiger charge is -2.12. The van der Waals surface area contributed by atoms with Crippen LogP contribution in [0.5, 0.6) is 5.75 Å². The first-order valence-electron chi connectivity index (χ1n) is 6.35. The number of fused-ring (bicyclic) bond motifs is 1. The Bertz CT molecular complexity index is 541. The molecule has 5 nitrogen and oxygen atoms in total. The van der Waals surface area contributed by atoms with Gasteiger partial charge in [-0.05, 0) is 35.5 Å². The van der Waals surface area contributed by atoms with Crippen LogP contribution in [0.3, 0.4) is 0 Å². The SMILES string of the molecule is COc1cncc(C2=CC3CN(C(=O)O)CC3C2)c1. The molecule has 1 fully saturated rings. The van der Waals surface area contributed by atoms with Crippen molar-refractivity contribution in [2.45, 2.75) is 6.42 Å². The second kappa shape index (κ2) is 4.57. The van der Waals surface area contributed by atoms with Crippen molar-refractivity contribution < 1.29 is 14.6 Å². The van der Waals surface area contributed by atoms with Crippen molar-refractivity contribution in [2.75, 3.05) is 20.2 Å². The Kier molecular flexibility index (Phi) is 2.89. The lowest BCUT2D eigenvalue weighted by Crippen LogP contribution is -2.27. The van der Waals surface area contributed by atoms with Crippen molar-refractivity contribution in [3.8, 4) is 5.75 Å². The van der Waals surface area contributed by atoms with Crippen LogP contribution >= 0.6 is 0 Å². The minimum atomic E-state index is -0.813. The van der Waals surface area contributed by atoms with Gasteiger partial charge in [-0.3, -0.25) is 4.98 Å². The van der Waals surface area contributed by atoms with Crippen LogP contribution < -0.4 is 4.74 Å². The second-order valence-electron chi connectivity index (χ2n) is 5.12. The Morgan fingerprint density at radius 1 is 1.47 bits per heavy atom. The fraction of sp³-hybridized carbons (Fsp3) is 0.429. The highest BCUT2D eigenvalue weighted by Gasteiger charge is 2.38. The third kappa shape index (κ3) is 2.16. The molecular weight excluding hydrogens is 244 g/mol. The first kappa shape index (κ1) is 12.0. The lowest BCUT2D eigenvalue weighted by atomic mass is 9.99. The van der Waals surface area contributed by atoms with Gasteiger partial charge in [-0.15, -0.1) is 0 Å². The molecule has 2 heterocycles. The summed E-state index contributed by atoms with van der Waals surface area (Å²) < 4.78 is 5.18. The van der Waals surface area contributed by atoms with E-state index in [0.29, 0.717) is 24.9 Å². The van der Waals surface area contributed by atoms with Gasteiger partial charge in [0.2, 0.25) is 0 Å². The molecule has 1 amide bonds. The Balaban J connectivity index is 1.78. The van der Waals surface area contributed by atoms with Crippen LogP contribution in [0, 0.1) is 11.8 Å². The highest BCUT2D eigenvalue weighted by atomic mass is 16.5. The van der Waals surface area contributed by atoms with Gasteiger partial charge >= 0.3 is 6.09 Å². The molecule has 0 radical (unpaired) electrons. The number of nitrogens with zero attached hydrogens (tertiary/aromatic N) is 2. The number of amides is 1. The Morgan fingerprint density at radius 3 is 3.00 bits per heavy atom. The largest absolute Gasteiger partial charge is 0.495 e. The van der Waals surface area contributed by atoms with Crippen LogP contribution in [0.4, 0.5) is 4.79 Å². The van der Waals surface area contributed by atoms with Gasteiger partial charge in [0.05, 0.1) is 13.3 Å². The molecule has 0 saturated carbocycles. The predicted octanol–water partition coefficient (Wildman–Crippen LogP) is 2.10. The molecular formula is C14H16N2O3. The molecule has 3 rings (SSSR count). The molecule has 1 aliphatic heterocycles. The van der Waals surface area contributed by atoms with Crippen molar-refractivity contribution in [3.63, 3.8) is 0 Å². The molecule has 0 spiro atoms. The van der Waals surface area contributed by atoms with E-state index in [0.717, 1.165) is 17.7 Å². The monoisotopic (exact) mass is 260 g/mol. The van der Waals surface area contributed by atoms with Crippen molar-refractivity contribution in [2.24, 2.45) is 11.8 Å². The Labute approximate surface area is 111 Å². The number of likely N-dealkylation sites (tertiary alicyclic amines) is 1. The summed E-state index contributed by atoms with van der Waals surface area (Å²) in [6.45, 7) is 1.25. The van der Waals surface area contributed by atoms with Crippen molar-refractivity contribution in [3.05, 3.63) is 30.1 Å². The number of aromatic nitrogens is 1. The number of carbonyl (C=O) groups is 1. The average molecular weight is 260 g/mol. The van der Waals surface area contributed by atoms with Crippen molar-refractivity contribution >= 4 is 11.7 Å². The number of hydrogen-bond acceptors (Lipinski definition) is 3. The smallest absolute Gasteiger partial charge is 0.407 e. The van der Waals surface area contributed by atoms with Gasteiger partial charge in [0.1, 0.15) is 5.75 Å². The quantitative estimate of drug-likeness (QED) is 0.884. The van der Waals surface area contributed by atoms with Crippen LogP contribution in [0.15, 0.2) is 24.5 Å². The van der Waals surface area contributed by atoms with E-state index in [4.69, 9.17) is 9.84 Å². The summed E-state index contributed by atoms with van der Waals surface area (Å²) in [4.78, 5) is 16.6. The molecule has 0 bridgehead atoms. The zero-order valence-corrected chi connectivity index (χ0v) is 10.7. The molecule has 5 heteroatoms. The number of ether oxygens (including phenoxy) is 1. The standard InChI is InChI=1S/C14H16N2O3/c1-19-13-4-10(5-15-6-13)9-2-11-7-16(14(17)18)8-12(11)3-9/h2,4-6,11-12H,3,7-8H2,1H3,(H,17,18). The van der Waals surface area contributed by atoms with E-state index in [1.54, 1.807) is 13.3 Å². The van der Waals surface area contributed by atoms with Crippen LogP contribution in [-0.4, -0.2) is 41.3 Å². The Hall–Kier alpha value is -2.04. The van der Waals surface area contributed by atoms with Gasteiger partial charge in [0.15, 0.2) is 0 Å². The number of methoxy groups -OCH3 is 1. The molecule has 2 unspecified atom stereocenters. The predicted molar refractivity (Wildman–Crippen MR) is 70.0 cm³/mol. The molecule has 2 aliphatic rings. The third-order valence-corrected chi connectivity index (χ3v) is 3.98. The van der Waals surface area contributed by atoms with Crippen LogP contribution in [-0.2, 0) is 0 Å². The zero-order chi connectivity index (χ0) is 13.4. The topological polar surface area (TPSA) is 62.7 Å². The molecule has 0 aromatic carbocycles. The fourth-order valence-corrected chi connectivity index (χ4v) is 2.99. The number of carboxylic acid groups (broad SMARTS) is 1. The molecule has 1 aromatic heterocycles. The van der Waals surface area contributed by atoms with E-state index < -0.39 is 6.09 Å². The van der Waals surface area contributed by atoms with Gasteiger partial charge in [0, 0.05) is 19.3 Å². The van der Waals surface area contributed by atoms with Gasteiger partial charge in [0.25, 0.3) is 0 Å². The number of hydrogen-bond donors (Lipinski definition) is 1. The van der Waals surface area contributed by atoms with Crippen LogP contribution in [0.25, 0.3) is 5.57 Å². The number of allylic oxidation sites excluding steroid dienone is 1. The van der Waals surface area contributed by atoms with E-state index in [1.807, 2.05) is 12.3 Å². The average Bonchev–Trinajstić information content (AvgIpc) is 2.96. The maximum Gasteiger partial charge on any atom is 0.407 e. The maximum atomic E-state index is 10.9. The summed E-state index contributed by atoms with van der Waals surface area (Å²) in [5.74, 6) is 1.51. The van der Waals surface area contributed by atoms with Crippen molar-refractivity contribution in [1.82, 2.24) is 9.88 Å². The van der Waals surface area contributed by atoms with Gasteiger partial charge in [-0.25, -0.2) is 4.79 Å². The summed E-state index contributed by atoms with van der Waals surface area (Å²) in [5, 5.41) is 9.00. The van der Waals surface area contributed by atoms with Crippen LogP contribution in [0.2, 0.25) is 0 Å². The number of pyridine rings is 1. The zero-order valence-electron chi connectivity index (χ0n) is 10.7. The molecule has 1 aliphatic carbocycles. The Morgan fingerprint density at radius 2 is 2.32 bits per heavy atom. The van der Waals surface area contributed by atoms with Crippen molar-refractivity contribution in [1.29, 1.82) is 0 Å². The molecule has 1 aromatic rings. The summed E-state index contributed by atoms with van der Waals surface area (Å²) >= 11 is 0. The van der Waals surface area contributed by atoms with Gasteiger partial charge < -0.3 is 14.7 Å². The maximum absolute atomic E-state index is 10.9. The number of rotatable bonds is 2. The normalized spacial score (nSPS) is 25.1. The highest BCUT2D eigenvalue weighted by Crippen LogP contribution is 2.41. The molecule has 100 valence electrons. The van der Waals surface area contributed by atoms with Gasteiger partial charge in [-0.1, -0.05) is 6.08 Å². The van der Waals surface area contributed by atoms with E-state index in [2.05, 4.69) is 11.1 Å². The summed E-state index contributed by atoms with van der Waals surface area (Å²) in [7, 11) is 1.63. The molecule has 1 N–H and O–H groups in total. The van der Waals surface area contributed by atoms with E-state index in [9.17, 15) is 4.79 Å². The lowest BCUT2D eigenvalue weighted by molar-refractivity contribution is 0.153. The third-order valence-electron chi connectivity index (χ3n) is 3.98. The summed E-state index contributed by atoms with van der Waals surface area (Å²) in [6.07, 6.45) is 5.83. The van der Waals surface area contributed by atoms with Gasteiger partial charge in [-0.2, -0.15) is 0 Å². The minimum absolute atomic E-state index is 0.345. The molecule has 2 atom stereocenters. The van der Waals surface area contributed by atoms with E-state index in [-0.39, 0.29) is 0 Å². The molecule has 19 heavy (non-hydrogen) atoms. The molecule has 1 saturated heterocycles. The second-order valence-corrected chi connectivity index (χ2v) is 5.12.